The van der Waals surface area contributed by atoms with E-state index in [1.807, 2.05) is 13.0 Å². The third kappa shape index (κ3) is 3.12. The van der Waals surface area contributed by atoms with Crippen LogP contribution in [0.15, 0.2) is 18.2 Å². The summed E-state index contributed by atoms with van der Waals surface area (Å²) in [4.78, 5) is 6.20. The lowest BCUT2D eigenvalue weighted by Crippen LogP contribution is -2.22. The monoisotopic (exact) mass is 324 g/mol. The van der Waals surface area contributed by atoms with E-state index in [1.165, 1.54) is 29.5 Å². The first kappa shape index (κ1) is 14.9. The topological polar surface area (TPSA) is 24.9 Å². The highest BCUT2D eigenvalue weighted by atomic mass is 35.5. The van der Waals surface area contributed by atoms with Crippen molar-refractivity contribution in [1.29, 1.82) is 0 Å². The summed E-state index contributed by atoms with van der Waals surface area (Å²) in [6.45, 7) is 2.85. The second-order valence-corrected chi connectivity index (χ2v) is 6.82. The summed E-state index contributed by atoms with van der Waals surface area (Å²) in [6.07, 6.45) is 4.66. The fourth-order valence-corrected chi connectivity index (χ4v) is 4.11. The number of benzene rings is 1. The molecule has 1 aromatic carbocycles. The van der Waals surface area contributed by atoms with E-state index in [9.17, 15) is 4.39 Å². The molecule has 0 radical (unpaired) electrons. The standard InChI is InChI=1S/C16H18ClFN2S/c1-2-19-15(10-7-8-11(17)12(18)9-10)16-20-13-5-3-4-6-14(13)21-16/h7-9,15,19H,2-6H2,1H3. The van der Waals surface area contributed by atoms with Gasteiger partial charge in [0.15, 0.2) is 0 Å². The summed E-state index contributed by atoms with van der Waals surface area (Å²) in [5, 5.41) is 4.60. The van der Waals surface area contributed by atoms with Crippen molar-refractivity contribution in [2.24, 2.45) is 0 Å². The summed E-state index contributed by atoms with van der Waals surface area (Å²) >= 11 is 7.54. The SMILES string of the molecule is CCNC(c1ccc(Cl)c(F)c1)c1nc2c(s1)CCCC2. The Balaban J connectivity index is 1.96. The maximum Gasteiger partial charge on any atom is 0.142 e. The number of rotatable bonds is 4. The lowest BCUT2D eigenvalue weighted by atomic mass is 10.0. The highest BCUT2D eigenvalue weighted by Crippen LogP contribution is 2.33. The minimum atomic E-state index is -0.376. The molecule has 0 spiro atoms. The van der Waals surface area contributed by atoms with Crippen molar-refractivity contribution < 1.29 is 4.39 Å². The maximum absolute atomic E-state index is 13.7. The van der Waals surface area contributed by atoms with E-state index in [1.54, 1.807) is 17.4 Å². The molecule has 1 unspecified atom stereocenters. The van der Waals surface area contributed by atoms with Crippen LogP contribution < -0.4 is 5.32 Å². The first-order valence-electron chi connectivity index (χ1n) is 7.36. The van der Waals surface area contributed by atoms with E-state index in [0.717, 1.165) is 30.0 Å². The van der Waals surface area contributed by atoms with Crippen LogP contribution in [0.25, 0.3) is 0 Å². The fraction of sp³-hybridized carbons (Fsp3) is 0.438. The molecule has 0 fully saturated rings. The van der Waals surface area contributed by atoms with Crippen molar-refractivity contribution in [3.05, 3.63) is 50.2 Å². The second-order valence-electron chi connectivity index (χ2n) is 5.29. The molecular weight excluding hydrogens is 307 g/mol. The van der Waals surface area contributed by atoms with Crippen LogP contribution in [0.4, 0.5) is 4.39 Å². The first-order chi connectivity index (χ1) is 10.2. The molecule has 0 aliphatic heterocycles. The van der Waals surface area contributed by atoms with E-state index in [4.69, 9.17) is 16.6 Å². The van der Waals surface area contributed by atoms with Crippen LogP contribution in [-0.4, -0.2) is 11.5 Å². The molecule has 1 atom stereocenters. The van der Waals surface area contributed by atoms with Gasteiger partial charge in [-0.05, 0) is 49.9 Å². The van der Waals surface area contributed by atoms with Crippen LogP contribution in [0.5, 0.6) is 0 Å². The first-order valence-corrected chi connectivity index (χ1v) is 8.55. The normalized spacial score (nSPS) is 15.8. The number of halogens is 2. The summed E-state index contributed by atoms with van der Waals surface area (Å²) in [5.41, 5.74) is 2.11. The van der Waals surface area contributed by atoms with E-state index >= 15 is 0 Å². The van der Waals surface area contributed by atoms with E-state index in [-0.39, 0.29) is 16.9 Å². The van der Waals surface area contributed by atoms with Crippen LogP contribution in [0.1, 0.15) is 46.9 Å². The van der Waals surface area contributed by atoms with Crippen LogP contribution >= 0.6 is 22.9 Å². The molecule has 112 valence electrons. The van der Waals surface area contributed by atoms with Gasteiger partial charge >= 0.3 is 0 Å². The Morgan fingerprint density at radius 2 is 2.19 bits per heavy atom. The predicted molar refractivity (Wildman–Crippen MR) is 85.7 cm³/mol. The highest BCUT2D eigenvalue weighted by molar-refractivity contribution is 7.11. The van der Waals surface area contributed by atoms with Crippen molar-refractivity contribution in [2.45, 2.75) is 38.6 Å². The molecule has 0 saturated heterocycles. The number of hydrogen-bond donors (Lipinski definition) is 1. The lowest BCUT2D eigenvalue weighted by molar-refractivity contribution is 0.599. The summed E-state index contributed by atoms with van der Waals surface area (Å²) in [7, 11) is 0. The lowest BCUT2D eigenvalue weighted by Gasteiger charge is -2.16. The minimum absolute atomic E-state index is 0.0580. The van der Waals surface area contributed by atoms with Gasteiger partial charge in [0.1, 0.15) is 10.8 Å². The average Bonchev–Trinajstić information content (AvgIpc) is 2.91. The third-order valence-corrected chi connectivity index (χ3v) is 5.32. The second kappa shape index (κ2) is 6.42. The number of aromatic nitrogens is 1. The molecule has 1 heterocycles. The number of aryl methyl sites for hydroxylation is 2. The van der Waals surface area contributed by atoms with E-state index in [0.29, 0.717) is 0 Å². The zero-order chi connectivity index (χ0) is 14.8. The van der Waals surface area contributed by atoms with Gasteiger partial charge in [-0.25, -0.2) is 9.37 Å². The van der Waals surface area contributed by atoms with Gasteiger partial charge < -0.3 is 5.32 Å². The number of nitrogens with one attached hydrogen (secondary N) is 1. The molecule has 0 saturated carbocycles. The predicted octanol–water partition coefficient (Wildman–Crippen LogP) is 4.51. The molecule has 0 amide bonds. The molecule has 1 aliphatic rings. The van der Waals surface area contributed by atoms with Gasteiger partial charge in [-0.15, -0.1) is 11.3 Å². The molecule has 3 rings (SSSR count). The van der Waals surface area contributed by atoms with Gasteiger partial charge in [-0.1, -0.05) is 24.6 Å². The molecule has 1 aliphatic carbocycles. The van der Waals surface area contributed by atoms with Gasteiger partial charge in [0.05, 0.1) is 16.8 Å². The Hall–Kier alpha value is -0.970. The van der Waals surface area contributed by atoms with Gasteiger partial charge in [-0.2, -0.15) is 0 Å². The Morgan fingerprint density at radius 1 is 1.38 bits per heavy atom. The zero-order valence-electron chi connectivity index (χ0n) is 12.0. The third-order valence-electron chi connectivity index (χ3n) is 3.79. The average molecular weight is 325 g/mol. The highest BCUT2D eigenvalue weighted by Gasteiger charge is 2.22. The zero-order valence-corrected chi connectivity index (χ0v) is 13.5. The van der Waals surface area contributed by atoms with Crippen LogP contribution in [0, 0.1) is 5.82 Å². The smallest absolute Gasteiger partial charge is 0.142 e. The van der Waals surface area contributed by atoms with Crippen molar-refractivity contribution in [1.82, 2.24) is 10.3 Å². The summed E-state index contributed by atoms with van der Waals surface area (Å²) in [6, 6.07) is 4.94. The molecule has 1 N–H and O–H groups in total. The van der Waals surface area contributed by atoms with Crippen molar-refractivity contribution in [3.8, 4) is 0 Å². The number of hydrogen-bond acceptors (Lipinski definition) is 3. The van der Waals surface area contributed by atoms with Gasteiger partial charge in [-0.3, -0.25) is 0 Å². The van der Waals surface area contributed by atoms with Crippen LogP contribution in [0.2, 0.25) is 5.02 Å². The molecule has 5 heteroatoms. The molecular formula is C16H18ClFN2S. The summed E-state index contributed by atoms with van der Waals surface area (Å²) < 4.78 is 13.7. The Bertz CT molecular complexity index is 618. The van der Waals surface area contributed by atoms with E-state index < -0.39 is 0 Å². The van der Waals surface area contributed by atoms with Crippen LogP contribution in [0.3, 0.4) is 0 Å². The maximum atomic E-state index is 13.7. The number of thiazole rings is 1. The van der Waals surface area contributed by atoms with Crippen molar-refractivity contribution in [2.75, 3.05) is 6.54 Å². The quantitative estimate of drug-likeness (QED) is 0.894. The Morgan fingerprint density at radius 3 is 2.90 bits per heavy atom. The van der Waals surface area contributed by atoms with Gasteiger partial charge in [0.2, 0.25) is 0 Å². The molecule has 2 nitrogen and oxygen atoms in total. The molecule has 1 aromatic heterocycles. The Labute approximate surface area is 133 Å². The Kier molecular flexibility index (Phi) is 4.57. The van der Waals surface area contributed by atoms with Crippen molar-refractivity contribution in [3.63, 3.8) is 0 Å². The fourth-order valence-electron chi connectivity index (χ4n) is 2.74. The van der Waals surface area contributed by atoms with Gasteiger partial charge in [0.25, 0.3) is 0 Å². The number of nitrogens with zero attached hydrogens (tertiary/aromatic N) is 1. The van der Waals surface area contributed by atoms with E-state index in [2.05, 4.69) is 5.32 Å². The number of fused-ring (bicyclic) bond motifs is 1. The molecule has 2 aromatic rings. The molecule has 0 bridgehead atoms. The molecule has 21 heavy (non-hydrogen) atoms. The van der Waals surface area contributed by atoms with Gasteiger partial charge in [0, 0.05) is 4.88 Å². The van der Waals surface area contributed by atoms with Crippen LogP contribution in [-0.2, 0) is 12.8 Å². The minimum Gasteiger partial charge on any atom is -0.305 e. The summed E-state index contributed by atoms with van der Waals surface area (Å²) in [5.74, 6) is -0.376. The van der Waals surface area contributed by atoms with Crippen molar-refractivity contribution >= 4 is 22.9 Å². The largest absolute Gasteiger partial charge is 0.305 e.